The van der Waals surface area contributed by atoms with Gasteiger partial charge in [-0.15, -0.1) is 0 Å². The van der Waals surface area contributed by atoms with Crippen molar-refractivity contribution in [2.75, 3.05) is 13.2 Å². The van der Waals surface area contributed by atoms with E-state index in [2.05, 4.69) is 0 Å². The molecule has 2 aromatic rings. The molecule has 0 unspecified atom stereocenters. The molecule has 0 aliphatic heterocycles. The highest BCUT2D eigenvalue weighted by molar-refractivity contribution is 7.62. The van der Waals surface area contributed by atoms with E-state index in [9.17, 15) is 9.67 Å². The van der Waals surface area contributed by atoms with E-state index in [4.69, 9.17) is 9.05 Å². The van der Waals surface area contributed by atoms with E-state index in [0.29, 0.717) is 10.9 Å². The molecule has 0 bridgehead atoms. The molecule has 2 rings (SSSR count). The molecule has 1 N–H and O–H groups in total. The highest BCUT2D eigenvalue weighted by Gasteiger charge is 2.29. The van der Waals surface area contributed by atoms with Crippen LogP contribution in [-0.2, 0) is 20.2 Å². The van der Waals surface area contributed by atoms with Gasteiger partial charge in [-0.1, -0.05) is 42.5 Å². The van der Waals surface area contributed by atoms with E-state index in [0.717, 1.165) is 11.1 Å². The number of aliphatic hydroxyl groups excluding tert-OH is 1. The quantitative estimate of drug-likeness (QED) is 0.790. The standard InChI is InChI=1S/C17H21O4P/c1-3-20-22(19,21-4-2)17-12-15(10-11-16(17)13-18)14-8-6-5-7-9-14/h5-12,18H,3-4,13H2,1-2H3. The molecule has 0 atom stereocenters. The van der Waals surface area contributed by atoms with Crippen LogP contribution >= 0.6 is 7.60 Å². The Morgan fingerprint density at radius 2 is 1.59 bits per heavy atom. The average molecular weight is 320 g/mol. The third-order valence-electron chi connectivity index (χ3n) is 3.26. The van der Waals surface area contributed by atoms with Crippen molar-refractivity contribution in [1.29, 1.82) is 0 Å². The lowest BCUT2D eigenvalue weighted by molar-refractivity contribution is 0.228. The molecule has 0 saturated heterocycles. The van der Waals surface area contributed by atoms with E-state index in [1.54, 1.807) is 26.0 Å². The lowest BCUT2D eigenvalue weighted by atomic mass is 10.0. The molecular weight excluding hydrogens is 299 g/mol. The van der Waals surface area contributed by atoms with Crippen molar-refractivity contribution >= 4 is 12.9 Å². The molecule has 118 valence electrons. The molecule has 4 nitrogen and oxygen atoms in total. The van der Waals surface area contributed by atoms with Gasteiger partial charge in [0.15, 0.2) is 0 Å². The van der Waals surface area contributed by atoms with Gasteiger partial charge in [0.2, 0.25) is 0 Å². The minimum absolute atomic E-state index is 0.214. The molecule has 0 radical (unpaired) electrons. The van der Waals surface area contributed by atoms with Crippen LogP contribution in [0.15, 0.2) is 48.5 Å². The van der Waals surface area contributed by atoms with Crippen molar-refractivity contribution in [2.24, 2.45) is 0 Å². The third-order valence-corrected chi connectivity index (χ3v) is 5.46. The summed E-state index contributed by atoms with van der Waals surface area (Å²) in [5.74, 6) is 0. The number of hydrogen-bond acceptors (Lipinski definition) is 4. The van der Waals surface area contributed by atoms with Crippen LogP contribution in [0.3, 0.4) is 0 Å². The first-order valence-corrected chi connectivity index (χ1v) is 8.87. The van der Waals surface area contributed by atoms with Gasteiger partial charge in [0, 0.05) is 0 Å². The number of benzene rings is 2. The van der Waals surface area contributed by atoms with Gasteiger partial charge in [0.05, 0.1) is 25.1 Å². The Balaban J connectivity index is 2.55. The van der Waals surface area contributed by atoms with Crippen LogP contribution in [0.1, 0.15) is 19.4 Å². The summed E-state index contributed by atoms with van der Waals surface area (Å²) in [6.45, 7) is 3.88. The zero-order valence-electron chi connectivity index (χ0n) is 12.9. The second-order valence-electron chi connectivity index (χ2n) is 4.70. The van der Waals surface area contributed by atoms with Crippen LogP contribution in [0.2, 0.25) is 0 Å². The summed E-state index contributed by atoms with van der Waals surface area (Å²) in [6.07, 6.45) is 0. The van der Waals surface area contributed by atoms with E-state index in [-0.39, 0.29) is 19.8 Å². The summed E-state index contributed by atoms with van der Waals surface area (Å²) in [5, 5.41) is 9.98. The summed E-state index contributed by atoms with van der Waals surface area (Å²) in [5.41, 5.74) is 2.48. The topological polar surface area (TPSA) is 55.8 Å². The molecule has 0 aromatic heterocycles. The Bertz CT molecular complexity index is 645. The second-order valence-corrected chi connectivity index (χ2v) is 6.69. The van der Waals surface area contributed by atoms with Gasteiger partial charge in [-0.2, -0.15) is 0 Å². The number of rotatable bonds is 7. The molecule has 0 saturated carbocycles. The first-order valence-electron chi connectivity index (χ1n) is 7.33. The van der Waals surface area contributed by atoms with Crippen molar-refractivity contribution in [3.63, 3.8) is 0 Å². The first kappa shape index (κ1) is 16.9. The zero-order valence-corrected chi connectivity index (χ0v) is 13.8. The fourth-order valence-electron chi connectivity index (χ4n) is 2.28. The van der Waals surface area contributed by atoms with Crippen LogP contribution in [0, 0.1) is 0 Å². The molecule has 22 heavy (non-hydrogen) atoms. The maximum absolute atomic E-state index is 13.0. The van der Waals surface area contributed by atoms with Gasteiger partial charge in [-0.25, -0.2) is 0 Å². The first-order chi connectivity index (χ1) is 10.6. The monoisotopic (exact) mass is 320 g/mol. The smallest absolute Gasteiger partial charge is 0.361 e. The fourth-order valence-corrected chi connectivity index (χ4v) is 4.11. The zero-order chi connectivity index (χ0) is 16.0. The number of hydrogen-bond donors (Lipinski definition) is 1. The van der Waals surface area contributed by atoms with Crippen LogP contribution in [0.25, 0.3) is 11.1 Å². The van der Waals surface area contributed by atoms with E-state index in [1.165, 1.54) is 0 Å². The Hall–Kier alpha value is -1.45. The summed E-state index contributed by atoms with van der Waals surface area (Å²) in [4.78, 5) is 0. The van der Waals surface area contributed by atoms with Gasteiger partial charge in [-0.05, 0) is 36.6 Å². The summed E-state index contributed by atoms with van der Waals surface area (Å²) in [6, 6.07) is 15.2. The highest BCUT2D eigenvalue weighted by Crippen LogP contribution is 2.48. The lowest BCUT2D eigenvalue weighted by Crippen LogP contribution is -2.16. The molecule has 5 heteroatoms. The molecule has 0 amide bonds. The Morgan fingerprint density at radius 3 is 2.14 bits per heavy atom. The van der Waals surface area contributed by atoms with Crippen molar-refractivity contribution in [3.05, 3.63) is 54.1 Å². The second kappa shape index (κ2) is 7.70. The van der Waals surface area contributed by atoms with Crippen molar-refractivity contribution in [3.8, 4) is 11.1 Å². The Kier molecular flexibility index (Phi) is 5.92. The van der Waals surface area contributed by atoms with E-state index in [1.807, 2.05) is 36.4 Å². The largest absolute Gasteiger partial charge is 0.392 e. The van der Waals surface area contributed by atoms with Crippen LogP contribution < -0.4 is 5.30 Å². The predicted octanol–water partition coefficient (Wildman–Crippen LogP) is 3.74. The van der Waals surface area contributed by atoms with Crippen LogP contribution in [0.5, 0.6) is 0 Å². The highest BCUT2D eigenvalue weighted by atomic mass is 31.2. The maximum Gasteiger partial charge on any atom is 0.361 e. The minimum Gasteiger partial charge on any atom is -0.392 e. The normalized spacial score (nSPS) is 11.6. The maximum atomic E-state index is 13.0. The molecule has 0 fully saturated rings. The average Bonchev–Trinajstić information content (AvgIpc) is 2.55. The molecule has 0 heterocycles. The van der Waals surface area contributed by atoms with Gasteiger partial charge in [0.1, 0.15) is 0 Å². The van der Waals surface area contributed by atoms with Crippen molar-refractivity contribution < 1.29 is 18.7 Å². The summed E-state index contributed by atoms with van der Waals surface area (Å²) >= 11 is 0. The third kappa shape index (κ3) is 3.65. The van der Waals surface area contributed by atoms with Gasteiger partial charge >= 0.3 is 7.60 Å². The van der Waals surface area contributed by atoms with Crippen molar-refractivity contribution in [2.45, 2.75) is 20.5 Å². The molecule has 2 aromatic carbocycles. The summed E-state index contributed by atoms with van der Waals surface area (Å²) in [7, 11) is -3.43. The Labute approximate surface area is 131 Å². The molecule has 0 spiro atoms. The van der Waals surface area contributed by atoms with Crippen LogP contribution in [0.4, 0.5) is 0 Å². The van der Waals surface area contributed by atoms with Gasteiger partial charge in [-0.3, -0.25) is 4.57 Å². The van der Waals surface area contributed by atoms with E-state index < -0.39 is 7.60 Å². The number of aliphatic hydroxyl groups is 1. The molecule has 0 aliphatic rings. The van der Waals surface area contributed by atoms with Gasteiger partial charge < -0.3 is 14.2 Å². The minimum atomic E-state index is -3.43. The predicted molar refractivity (Wildman–Crippen MR) is 88.3 cm³/mol. The lowest BCUT2D eigenvalue weighted by Gasteiger charge is -2.20. The van der Waals surface area contributed by atoms with E-state index >= 15 is 0 Å². The molecule has 0 aliphatic carbocycles. The van der Waals surface area contributed by atoms with Crippen molar-refractivity contribution in [1.82, 2.24) is 0 Å². The summed E-state index contributed by atoms with van der Waals surface area (Å²) < 4.78 is 23.8. The van der Waals surface area contributed by atoms with Crippen LogP contribution in [-0.4, -0.2) is 18.3 Å². The Morgan fingerprint density at radius 1 is 0.955 bits per heavy atom. The SMILES string of the molecule is CCOP(=O)(OCC)c1cc(-c2ccccc2)ccc1CO. The van der Waals surface area contributed by atoms with Gasteiger partial charge in [0.25, 0.3) is 0 Å². The fraction of sp³-hybridized carbons (Fsp3) is 0.294. The molecular formula is C17H21O4P.